The molecule has 6 nitrogen and oxygen atoms in total. The van der Waals surface area contributed by atoms with Gasteiger partial charge in [-0.1, -0.05) is 19.9 Å². The highest BCUT2D eigenvalue weighted by molar-refractivity contribution is 5.94. The van der Waals surface area contributed by atoms with E-state index in [1.807, 2.05) is 27.7 Å². The highest BCUT2D eigenvalue weighted by Crippen LogP contribution is 2.07. The Labute approximate surface area is 134 Å². The predicted molar refractivity (Wildman–Crippen MR) is 89.7 cm³/mol. The smallest absolute Gasteiger partial charge is 0.317 e. The lowest BCUT2D eigenvalue weighted by molar-refractivity contribution is -0.127. The molecule has 0 aliphatic rings. The molecule has 0 aromatic rings. The molecule has 0 aliphatic carbocycles. The minimum atomic E-state index is -0.300. The van der Waals surface area contributed by atoms with Crippen LogP contribution in [0.3, 0.4) is 0 Å². The van der Waals surface area contributed by atoms with Gasteiger partial charge in [0.2, 0.25) is 0 Å². The van der Waals surface area contributed by atoms with Crippen molar-refractivity contribution in [3.05, 3.63) is 11.6 Å². The summed E-state index contributed by atoms with van der Waals surface area (Å²) in [4.78, 5) is 37.5. The molecule has 0 rings (SSSR count). The molecule has 0 heterocycles. The third-order valence-corrected chi connectivity index (χ3v) is 3.10. The van der Waals surface area contributed by atoms with Crippen molar-refractivity contribution in [3.8, 4) is 0 Å². The fourth-order valence-electron chi connectivity index (χ4n) is 1.57. The highest BCUT2D eigenvalue weighted by atomic mass is 16.2. The van der Waals surface area contributed by atoms with Crippen LogP contribution in [0.1, 0.15) is 41.0 Å². The first kappa shape index (κ1) is 22.4. The number of allylic oxidation sites excluding steroid dienone is 1. The number of rotatable bonds is 7. The topological polar surface area (TPSA) is 69.7 Å². The van der Waals surface area contributed by atoms with Gasteiger partial charge in [0.1, 0.15) is 6.29 Å². The van der Waals surface area contributed by atoms with Gasteiger partial charge in [0.05, 0.1) is 6.54 Å². The maximum Gasteiger partial charge on any atom is 0.317 e. The third-order valence-electron chi connectivity index (χ3n) is 3.10. The molecule has 0 aliphatic heterocycles. The largest absolute Gasteiger partial charge is 0.341 e. The number of carbonyl (C=O) groups is 3. The molecular formula is C16H31N3O3. The van der Waals surface area contributed by atoms with E-state index >= 15 is 0 Å². The number of hydrogen-bond acceptors (Lipinski definition) is 3. The normalized spacial score (nSPS) is 10.5. The van der Waals surface area contributed by atoms with E-state index in [1.165, 1.54) is 11.9 Å². The Bertz CT molecular complexity index is 379. The van der Waals surface area contributed by atoms with Crippen LogP contribution >= 0.6 is 0 Å². The fraction of sp³-hybridized carbons (Fsp3) is 0.688. The zero-order valence-corrected chi connectivity index (χ0v) is 15.0. The van der Waals surface area contributed by atoms with E-state index in [1.54, 1.807) is 24.9 Å². The van der Waals surface area contributed by atoms with Crippen LogP contribution in [0.5, 0.6) is 0 Å². The molecule has 0 fully saturated rings. The van der Waals surface area contributed by atoms with Crippen molar-refractivity contribution in [2.45, 2.75) is 47.1 Å². The van der Waals surface area contributed by atoms with E-state index in [0.717, 1.165) is 6.29 Å². The summed E-state index contributed by atoms with van der Waals surface area (Å²) in [5.41, 5.74) is 0.538. The van der Waals surface area contributed by atoms with Gasteiger partial charge in [-0.15, -0.1) is 0 Å². The molecule has 0 radical (unpaired) electrons. The number of hydrogen-bond donors (Lipinski definition) is 1. The van der Waals surface area contributed by atoms with Crippen LogP contribution in [0.25, 0.3) is 0 Å². The molecule has 0 saturated carbocycles. The van der Waals surface area contributed by atoms with Gasteiger partial charge in [0, 0.05) is 38.7 Å². The molecule has 0 atom stereocenters. The number of nitrogens with one attached hydrogen (secondary N) is 1. The zero-order chi connectivity index (χ0) is 17.7. The third kappa shape index (κ3) is 7.81. The summed E-state index contributed by atoms with van der Waals surface area (Å²) in [7, 11) is 3.25. The van der Waals surface area contributed by atoms with Crippen molar-refractivity contribution < 1.29 is 14.4 Å². The molecule has 6 heteroatoms. The quantitative estimate of drug-likeness (QED) is 0.578. The first-order valence-corrected chi connectivity index (χ1v) is 7.71. The number of likely N-dealkylation sites (N-methyl/N-ethyl adjacent to an activating group) is 1. The Morgan fingerprint density at radius 3 is 2.14 bits per heavy atom. The van der Waals surface area contributed by atoms with Gasteiger partial charge in [0.25, 0.3) is 5.91 Å². The second kappa shape index (κ2) is 12.9. The Balaban J connectivity index is 0. The predicted octanol–water partition coefficient (Wildman–Crippen LogP) is 2.06. The average molecular weight is 313 g/mol. The van der Waals surface area contributed by atoms with Gasteiger partial charge in [-0.25, -0.2) is 4.79 Å². The SMILES string of the molecule is C/C=C(/CN(CCC=O)C(=O)NC)C(=O)N(C)C(C)C.CC. The summed E-state index contributed by atoms with van der Waals surface area (Å²) >= 11 is 0. The molecule has 0 aromatic heterocycles. The van der Waals surface area contributed by atoms with E-state index < -0.39 is 0 Å². The van der Waals surface area contributed by atoms with Gasteiger partial charge >= 0.3 is 6.03 Å². The maximum absolute atomic E-state index is 12.3. The Kier molecular flexibility index (Phi) is 13.1. The number of nitrogens with zero attached hydrogens (tertiary/aromatic N) is 2. The summed E-state index contributed by atoms with van der Waals surface area (Å²) in [6.45, 7) is 10.1. The average Bonchev–Trinajstić information content (AvgIpc) is 2.54. The van der Waals surface area contributed by atoms with Gasteiger partial charge in [0.15, 0.2) is 0 Å². The Morgan fingerprint density at radius 1 is 1.23 bits per heavy atom. The monoisotopic (exact) mass is 313 g/mol. The fourth-order valence-corrected chi connectivity index (χ4v) is 1.57. The molecule has 0 unspecified atom stereocenters. The first-order chi connectivity index (χ1) is 10.4. The summed E-state index contributed by atoms with van der Waals surface area (Å²) < 4.78 is 0. The van der Waals surface area contributed by atoms with Crippen LogP contribution in [0.15, 0.2) is 11.6 Å². The number of urea groups is 1. The zero-order valence-electron chi connectivity index (χ0n) is 15.0. The minimum absolute atomic E-state index is 0.0841. The highest BCUT2D eigenvalue weighted by Gasteiger charge is 2.21. The van der Waals surface area contributed by atoms with Gasteiger partial charge < -0.3 is 19.9 Å². The van der Waals surface area contributed by atoms with Crippen LogP contribution in [0.4, 0.5) is 4.79 Å². The van der Waals surface area contributed by atoms with Crippen molar-refractivity contribution in [2.24, 2.45) is 0 Å². The Morgan fingerprint density at radius 2 is 1.77 bits per heavy atom. The second-order valence-corrected chi connectivity index (χ2v) is 4.76. The van der Waals surface area contributed by atoms with Crippen molar-refractivity contribution >= 4 is 18.2 Å². The van der Waals surface area contributed by atoms with Crippen LogP contribution < -0.4 is 5.32 Å². The summed E-state index contributed by atoms with van der Waals surface area (Å²) in [5.74, 6) is -0.109. The van der Waals surface area contributed by atoms with E-state index in [0.29, 0.717) is 12.1 Å². The van der Waals surface area contributed by atoms with Gasteiger partial charge in [-0.3, -0.25) is 4.79 Å². The lowest BCUT2D eigenvalue weighted by atomic mass is 10.2. The molecule has 3 amide bonds. The van der Waals surface area contributed by atoms with Gasteiger partial charge in [-0.05, 0) is 20.8 Å². The van der Waals surface area contributed by atoms with Crippen LogP contribution in [-0.4, -0.2) is 61.3 Å². The molecular weight excluding hydrogens is 282 g/mol. The van der Waals surface area contributed by atoms with Crippen molar-refractivity contribution in [1.29, 1.82) is 0 Å². The van der Waals surface area contributed by atoms with Crippen molar-refractivity contribution in [2.75, 3.05) is 27.2 Å². The molecule has 0 bridgehead atoms. The minimum Gasteiger partial charge on any atom is -0.341 e. The van der Waals surface area contributed by atoms with E-state index in [4.69, 9.17) is 0 Å². The molecule has 0 aromatic carbocycles. The lowest BCUT2D eigenvalue weighted by Gasteiger charge is -2.27. The summed E-state index contributed by atoms with van der Waals surface area (Å²) in [5, 5.41) is 2.51. The van der Waals surface area contributed by atoms with Crippen LogP contribution in [0.2, 0.25) is 0 Å². The number of carbonyl (C=O) groups excluding carboxylic acids is 3. The molecule has 1 N–H and O–H groups in total. The van der Waals surface area contributed by atoms with E-state index in [-0.39, 0.29) is 30.9 Å². The summed E-state index contributed by atoms with van der Waals surface area (Å²) in [6.07, 6.45) is 2.71. The molecule has 128 valence electrons. The molecule has 22 heavy (non-hydrogen) atoms. The molecule has 0 spiro atoms. The lowest BCUT2D eigenvalue weighted by Crippen LogP contribution is -2.43. The number of aldehydes is 1. The van der Waals surface area contributed by atoms with Gasteiger partial charge in [-0.2, -0.15) is 0 Å². The second-order valence-electron chi connectivity index (χ2n) is 4.76. The van der Waals surface area contributed by atoms with Crippen molar-refractivity contribution in [1.82, 2.24) is 15.1 Å². The van der Waals surface area contributed by atoms with E-state index in [9.17, 15) is 14.4 Å². The van der Waals surface area contributed by atoms with Crippen LogP contribution in [0, 0.1) is 0 Å². The van der Waals surface area contributed by atoms with E-state index in [2.05, 4.69) is 5.32 Å². The maximum atomic E-state index is 12.3. The summed E-state index contributed by atoms with van der Waals surface area (Å²) in [6, 6.07) is -0.216. The number of amides is 3. The molecule has 0 saturated heterocycles. The standard InChI is InChI=1S/C14H25N3O3.C2H6/c1-6-12(13(19)16(5)11(2)3)10-17(8-7-9-18)14(20)15-4;1-2/h6,9,11H,7-8,10H2,1-5H3,(H,15,20);1-2H3/b12-6-;. The van der Waals surface area contributed by atoms with Crippen LogP contribution in [-0.2, 0) is 9.59 Å². The Hall–Kier alpha value is -1.85. The first-order valence-electron chi connectivity index (χ1n) is 7.71. The van der Waals surface area contributed by atoms with Crippen molar-refractivity contribution in [3.63, 3.8) is 0 Å².